The van der Waals surface area contributed by atoms with Crippen molar-refractivity contribution in [2.24, 2.45) is 0 Å². The highest BCUT2D eigenvalue weighted by Crippen LogP contribution is 2.35. The maximum absolute atomic E-state index is 13.3. The highest BCUT2D eigenvalue weighted by Gasteiger charge is 2.15. The first-order valence-corrected chi connectivity index (χ1v) is 7.04. The number of hydrogen-bond donors (Lipinski definition) is 0. The summed E-state index contributed by atoms with van der Waals surface area (Å²) in [6.45, 7) is 1.61. The van der Waals surface area contributed by atoms with E-state index in [0.29, 0.717) is 26.0 Å². The molecule has 0 saturated heterocycles. The Morgan fingerprint density at radius 2 is 1.90 bits per heavy atom. The predicted molar refractivity (Wildman–Crippen MR) is 79.7 cm³/mol. The highest BCUT2D eigenvalue weighted by molar-refractivity contribution is 9.10. The molecule has 0 unspecified atom stereocenters. The molecule has 0 spiro atoms. The van der Waals surface area contributed by atoms with Crippen molar-refractivity contribution in [3.63, 3.8) is 0 Å². The Morgan fingerprint density at radius 3 is 2.50 bits per heavy atom. The van der Waals surface area contributed by atoms with Crippen LogP contribution in [-0.4, -0.2) is 4.92 Å². The fraction of sp³-hybridized carbons (Fsp3) is 0.0769. The van der Waals surface area contributed by atoms with Crippen molar-refractivity contribution in [1.82, 2.24) is 0 Å². The van der Waals surface area contributed by atoms with Gasteiger partial charge in [0.2, 0.25) is 0 Å². The van der Waals surface area contributed by atoms with Crippen LogP contribution in [0.2, 0.25) is 0 Å². The molecular weight excluding hydrogens is 397 g/mol. The standard InChI is InChI=1S/C13H8Br2FNO3/c1-7-2-13(11(15)6-12(7)17(18)19)20-10-4-8(14)3-9(16)5-10/h2-6H,1H3. The van der Waals surface area contributed by atoms with Gasteiger partial charge in [-0.05, 0) is 41.1 Å². The first kappa shape index (κ1) is 14.9. The molecule has 7 heteroatoms. The minimum absolute atomic E-state index is 0.00959. The monoisotopic (exact) mass is 403 g/mol. The summed E-state index contributed by atoms with van der Waals surface area (Å²) >= 11 is 6.38. The summed E-state index contributed by atoms with van der Waals surface area (Å²) < 4.78 is 19.8. The molecule has 0 atom stereocenters. The maximum Gasteiger partial charge on any atom is 0.273 e. The number of halogens is 3. The largest absolute Gasteiger partial charge is 0.456 e. The lowest BCUT2D eigenvalue weighted by atomic mass is 10.2. The van der Waals surface area contributed by atoms with Crippen molar-refractivity contribution in [2.75, 3.05) is 0 Å². The van der Waals surface area contributed by atoms with E-state index in [9.17, 15) is 14.5 Å². The number of rotatable bonds is 3. The van der Waals surface area contributed by atoms with Gasteiger partial charge in [0.25, 0.3) is 5.69 Å². The lowest BCUT2D eigenvalue weighted by molar-refractivity contribution is -0.385. The van der Waals surface area contributed by atoms with E-state index in [1.807, 2.05) is 0 Å². The molecule has 0 fully saturated rings. The second-order valence-electron chi connectivity index (χ2n) is 4.03. The Kier molecular flexibility index (Phi) is 4.39. The van der Waals surface area contributed by atoms with Crippen LogP contribution in [0.25, 0.3) is 0 Å². The molecule has 2 rings (SSSR count). The molecule has 20 heavy (non-hydrogen) atoms. The van der Waals surface area contributed by atoms with Gasteiger partial charge in [0, 0.05) is 22.2 Å². The molecule has 0 saturated carbocycles. The smallest absolute Gasteiger partial charge is 0.273 e. The lowest BCUT2D eigenvalue weighted by Crippen LogP contribution is -1.94. The van der Waals surface area contributed by atoms with Crippen LogP contribution in [0, 0.1) is 22.9 Å². The number of ether oxygens (including phenoxy) is 1. The van der Waals surface area contributed by atoms with E-state index in [1.54, 1.807) is 13.0 Å². The van der Waals surface area contributed by atoms with Gasteiger partial charge in [0.1, 0.15) is 17.3 Å². The first-order chi connectivity index (χ1) is 9.36. The molecule has 0 aliphatic rings. The van der Waals surface area contributed by atoms with Gasteiger partial charge in [-0.25, -0.2) is 4.39 Å². The van der Waals surface area contributed by atoms with E-state index in [4.69, 9.17) is 4.74 Å². The lowest BCUT2D eigenvalue weighted by Gasteiger charge is -2.09. The van der Waals surface area contributed by atoms with Crippen molar-refractivity contribution in [1.29, 1.82) is 0 Å². The molecule has 2 aromatic rings. The number of hydrogen-bond acceptors (Lipinski definition) is 3. The van der Waals surface area contributed by atoms with Crippen molar-refractivity contribution >= 4 is 37.5 Å². The van der Waals surface area contributed by atoms with Crippen LogP contribution >= 0.6 is 31.9 Å². The zero-order valence-corrected chi connectivity index (χ0v) is 13.4. The van der Waals surface area contributed by atoms with Gasteiger partial charge < -0.3 is 4.74 Å². The predicted octanol–water partition coefficient (Wildman–Crippen LogP) is 5.36. The summed E-state index contributed by atoms with van der Waals surface area (Å²) in [4.78, 5) is 10.4. The maximum atomic E-state index is 13.3. The highest BCUT2D eigenvalue weighted by atomic mass is 79.9. The SMILES string of the molecule is Cc1cc(Oc2cc(F)cc(Br)c2)c(Br)cc1[N+](=O)[O-]. The molecule has 0 heterocycles. The number of nitrogens with zero attached hydrogens (tertiary/aromatic N) is 1. The van der Waals surface area contributed by atoms with E-state index in [-0.39, 0.29) is 5.69 Å². The zero-order chi connectivity index (χ0) is 14.9. The summed E-state index contributed by atoms with van der Waals surface area (Å²) in [6.07, 6.45) is 0. The molecule has 4 nitrogen and oxygen atoms in total. The summed E-state index contributed by atoms with van der Waals surface area (Å²) in [5.74, 6) is 0.237. The fourth-order valence-corrected chi connectivity index (χ4v) is 2.49. The van der Waals surface area contributed by atoms with Crippen LogP contribution in [-0.2, 0) is 0 Å². The Morgan fingerprint density at radius 1 is 1.20 bits per heavy atom. The summed E-state index contributed by atoms with van der Waals surface area (Å²) in [6, 6.07) is 7.03. The van der Waals surface area contributed by atoms with Crippen LogP contribution in [0.4, 0.5) is 10.1 Å². The Hall–Kier alpha value is -1.47. The van der Waals surface area contributed by atoms with Gasteiger partial charge >= 0.3 is 0 Å². The molecule has 0 N–H and O–H groups in total. The van der Waals surface area contributed by atoms with Crippen LogP contribution in [0.5, 0.6) is 11.5 Å². The number of aryl methyl sites for hydroxylation is 1. The van der Waals surface area contributed by atoms with Gasteiger partial charge in [-0.3, -0.25) is 10.1 Å². The van der Waals surface area contributed by atoms with Gasteiger partial charge in [-0.15, -0.1) is 0 Å². The van der Waals surface area contributed by atoms with Crippen molar-refractivity contribution in [3.05, 3.63) is 60.8 Å². The zero-order valence-electron chi connectivity index (χ0n) is 10.2. The van der Waals surface area contributed by atoms with E-state index in [0.717, 1.165) is 0 Å². The van der Waals surface area contributed by atoms with E-state index >= 15 is 0 Å². The minimum Gasteiger partial charge on any atom is -0.456 e. The third-order valence-electron chi connectivity index (χ3n) is 2.51. The van der Waals surface area contributed by atoms with Crippen LogP contribution in [0.1, 0.15) is 5.56 Å². The quantitative estimate of drug-likeness (QED) is 0.511. The van der Waals surface area contributed by atoms with Gasteiger partial charge in [-0.1, -0.05) is 15.9 Å². The van der Waals surface area contributed by atoms with Gasteiger partial charge in [0.15, 0.2) is 0 Å². The molecular formula is C13H8Br2FNO3. The Labute approximate surface area is 131 Å². The van der Waals surface area contributed by atoms with Crippen LogP contribution in [0.15, 0.2) is 39.3 Å². The number of benzene rings is 2. The normalized spacial score (nSPS) is 10.4. The number of nitro groups is 1. The molecule has 0 aliphatic heterocycles. The topological polar surface area (TPSA) is 52.4 Å². The molecule has 104 valence electrons. The second kappa shape index (κ2) is 5.88. The molecule has 2 aromatic carbocycles. The van der Waals surface area contributed by atoms with Crippen LogP contribution in [0.3, 0.4) is 0 Å². The summed E-state index contributed by atoms with van der Waals surface area (Å²) in [5, 5.41) is 10.8. The first-order valence-electron chi connectivity index (χ1n) is 5.45. The van der Waals surface area contributed by atoms with E-state index in [1.165, 1.54) is 24.3 Å². The number of nitro benzene ring substituents is 1. The molecule has 0 amide bonds. The van der Waals surface area contributed by atoms with Crippen molar-refractivity contribution in [2.45, 2.75) is 6.92 Å². The average Bonchev–Trinajstić information content (AvgIpc) is 2.31. The second-order valence-corrected chi connectivity index (χ2v) is 5.80. The third kappa shape index (κ3) is 3.34. The van der Waals surface area contributed by atoms with Gasteiger partial charge in [0.05, 0.1) is 9.40 Å². The average molecular weight is 405 g/mol. The van der Waals surface area contributed by atoms with Gasteiger partial charge in [-0.2, -0.15) is 0 Å². The van der Waals surface area contributed by atoms with E-state index in [2.05, 4.69) is 31.9 Å². The fourth-order valence-electron chi connectivity index (χ4n) is 1.63. The third-order valence-corrected chi connectivity index (χ3v) is 3.59. The summed E-state index contributed by atoms with van der Waals surface area (Å²) in [5.41, 5.74) is 0.452. The van der Waals surface area contributed by atoms with Crippen molar-refractivity contribution < 1.29 is 14.1 Å². The molecule has 0 bridgehead atoms. The molecule has 0 aliphatic carbocycles. The van der Waals surface area contributed by atoms with Crippen molar-refractivity contribution in [3.8, 4) is 11.5 Å². The van der Waals surface area contributed by atoms with E-state index < -0.39 is 10.7 Å². The molecule has 0 radical (unpaired) electrons. The molecule has 0 aromatic heterocycles. The Balaban J connectivity index is 2.39. The minimum atomic E-state index is -0.470. The Bertz CT molecular complexity index is 671. The summed E-state index contributed by atoms with van der Waals surface area (Å²) in [7, 11) is 0. The van der Waals surface area contributed by atoms with Crippen LogP contribution < -0.4 is 4.74 Å².